The van der Waals surface area contributed by atoms with Gasteiger partial charge in [0, 0.05) is 10.3 Å². The number of hydrogen-bond acceptors (Lipinski definition) is 8. The van der Waals surface area contributed by atoms with Crippen molar-refractivity contribution in [3.05, 3.63) is 68.9 Å². The Balaban J connectivity index is 1.79. The third-order valence-corrected chi connectivity index (χ3v) is 7.60. The molecule has 7 nitrogen and oxygen atoms in total. The number of thiophene rings is 2. The van der Waals surface area contributed by atoms with E-state index in [9.17, 15) is 14.4 Å². The van der Waals surface area contributed by atoms with E-state index in [0.717, 1.165) is 21.1 Å². The summed E-state index contributed by atoms with van der Waals surface area (Å²) in [6, 6.07) is 13.1. The van der Waals surface area contributed by atoms with Crippen LogP contribution in [-0.4, -0.2) is 35.0 Å². The van der Waals surface area contributed by atoms with Gasteiger partial charge in [-0.15, -0.1) is 22.7 Å². The van der Waals surface area contributed by atoms with Gasteiger partial charge in [-0.05, 0) is 71.4 Å². The largest absolute Gasteiger partial charge is 0.462 e. The standard InChI is InChI=1S/C28H28N2O5S2/c1-7-34-26(32)22-16(3)23(27(33)35-28(4,5)6)37-25(22)30-24(31)18-14-20(21-13-12-15(2)36-21)29-19-11-9-8-10-17(18)19/h8-14H,7H2,1-6H3,(H,30,31). The topological polar surface area (TPSA) is 94.6 Å². The number of fused-ring (bicyclic) bond motifs is 1. The van der Waals surface area contributed by atoms with Crippen molar-refractivity contribution in [3.63, 3.8) is 0 Å². The van der Waals surface area contributed by atoms with E-state index >= 15 is 0 Å². The number of rotatable bonds is 6. The fourth-order valence-electron chi connectivity index (χ4n) is 3.80. The molecule has 1 aromatic carbocycles. The number of aromatic nitrogens is 1. The number of anilines is 1. The van der Waals surface area contributed by atoms with Crippen molar-refractivity contribution >= 4 is 56.4 Å². The lowest BCUT2D eigenvalue weighted by molar-refractivity contribution is 0.00744. The van der Waals surface area contributed by atoms with Crippen LogP contribution in [0, 0.1) is 13.8 Å². The summed E-state index contributed by atoms with van der Waals surface area (Å²) in [5.74, 6) is -1.60. The molecule has 1 N–H and O–H groups in total. The molecule has 0 aliphatic rings. The van der Waals surface area contributed by atoms with Crippen LogP contribution in [0.3, 0.4) is 0 Å². The van der Waals surface area contributed by atoms with Crippen LogP contribution in [0.4, 0.5) is 5.00 Å². The Morgan fingerprint density at radius 2 is 1.73 bits per heavy atom. The van der Waals surface area contributed by atoms with Gasteiger partial charge in [0.05, 0.1) is 33.8 Å². The SMILES string of the molecule is CCOC(=O)c1c(NC(=O)c2cc(-c3ccc(C)s3)nc3ccccc23)sc(C(=O)OC(C)(C)C)c1C. The zero-order valence-electron chi connectivity index (χ0n) is 21.6. The summed E-state index contributed by atoms with van der Waals surface area (Å²) in [6.45, 7) is 10.8. The maximum atomic E-state index is 13.7. The first-order valence-electron chi connectivity index (χ1n) is 11.8. The average molecular weight is 537 g/mol. The first kappa shape index (κ1) is 26.5. The van der Waals surface area contributed by atoms with Crippen LogP contribution in [0.25, 0.3) is 21.5 Å². The minimum atomic E-state index is -0.715. The fourth-order valence-corrected chi connectivity index (χ4v) is 5.70. The Kier molecular flexibility index (Phi) is 7.47. The monoisotopic (exact) mass is 536 g/mol. The Morgan fingerprint density at radius 1 is 1.00 bits per heavy atom. The lowest BCUT2D eigenvalue weighted by Gasteiger charge is -2.19. The summed E-state index contributed by atoms with van der Waals surface area (Å²) in [5.41, 5.74) is 1.61. The lowest BCUT2D eigenvalue weighted by Crippen LogP contribution is -2.23. The van der Waals surface area contributed by atoms with Gasteiger partial charge in [-0.25, -0.2) is 14.6 Å². The van der Waals surface area contributed by atoms with Gasteiger partial charge in [-0.3, -0.25) is 4.79 Å². The summed E-state index contributed by atoms with van der Waals surface area (Å²) in [6.07, 6.45) is 0. The van der Waals surface area contributed by atoms with Gasteiger partial charge in [-0.1, -0.05) is 18.2 Å². The van der Waals surface area contributed by atoms with Gasteiger partial charge in [0.25, 0.3) is 5.91 Å². The number of pyridine rings is 1. The number of ether oxygens (including phenoxy) is 2. The third kappa shape index (κ3) is 5.73. The van der Waals surface area contributed by atoms with Gasteiger partial charge >= 0.3 is 11.9 Å². The van der Waals surface area contributed by atoms with E-state index in [1.54, 1.807) is 52.0 Å². The van der Waals surface area contributed by atoms with Crippen molar-refractivity contribution < 1.29 is 23.9 Å². The van der Waals surface area contributed by atoms with Crippen LogP contribution in [0.1, 0.15) is 68.5 Å². The van der Waals surface area contributed by atoms with Gasteiger partial charge < -0.3 is 14.8 Å². The maximum absolute atomic E-state index is 13.7. The Labute approximate surface area is 223 Å². The van der Waals surface area contributed by atoms with E-state index < -0.39 is 23.4 Å². The van der Waals surface area contributed by atoms with Crippen LogP contribution >= 0.6 is 22.7 Å². The molecule has 0 saturated carbocycles. The number of benzene rings is 1. The van der Waals surface area contributed by atoms with E-state index in [4.69, 9.17) is 14.5 Å². The van der Waals surface area contributed by atoms with Crippen molar-refractivity contribution in [2.45, 2.75) is 47.1 Å². The van der Waals surface area contributed by atoms with Gasteiger partial charge in [-0.2, -0.15) is 0 Å². The van der Waals surface area contributed by atoms with Gasteiger partial charge in [0.2, 0.25) is 0 Å². The molecule has 0 fully saturated rings. The molecule has 0 aliphatic heterocycles. The molecule has 0 saturated heterocycles. The minimum Gasteiger partial charge on any atom is -0.462 e. The maximum Gasteiger partial charge on any atom is 0.349 e. The Bertz CT molecular complexity index is 1510. The second-order valence-corrected chi connectivity index (χ2v) is 11.7. The highest BCUT2D eigenvalue weighted by Crippen LogP contribution is 2.36. The zero-order valence-corrected chi connectivity index (χ0v) is 23.2. The molecule has 0 spiro atoms. The van der Waals surface area contributed by atoms with Crippen molar-refractivity contribution in [1.82, 2.24) is 4.98 Å². The predicted molar refractivity (Wildman–Crippen MR) is 148 cm³/mol. The van der Waals surface area contributed by atoms with Crippen molar-refractivity contribution in [2.75, 3.05) is 11.9 Å². The van der Waals surface area contributed by atoms with Crippen LogP contribution in [0.5, 0.6) is 0 Å². The molecule has 0 radical (unpaired) electrons. The fraction of sp³-hybridized carbons (Fsp3) is 0.286. The molecular formula is C28H28N2O5S2. The molecule has 4 rings (SSSR count). The van der Waals surface area contributed by atoms with Gasteiger partial charge in [0.1, 0.15) is 15.5 Å². The molecule has 3 aromatic heterocycles. The highest BCUT2D eigenvalue weighted by atomic mass is 32.1. The highest BCUT2D eigenvalue weighted by Gasteiger charge is 2.30. The number of nitrogens with zero attached hydrogens (tertiary/aromatic N) is 1. The number of aryl methyl sites for hydroxylation is 1. The number of amides is 1. The summed E-state index contributed by atoms with van der Waals surface area (Å²) in [5, 5.41) is 3.78. The summed E-state index contributed by atoms with van der Waals surface area (Å²) in [7, 11) is 0. The second kappa shape index (κ2) is 10.4. The Hall–Kier alpha value is -3.56. The van der Waals surface area contributed by atoms with Crippen LogP contribution < -0.4 is 5.32 Å². The molecule has 192 valence electrons. The number of carbonyl (C=O) groups is 3. The van der Waals surface area contributed by atoms with Crippen LogP contribution in [-0.2, 0) is 9.47 Å². The number of para-hydroxylation sites is 1. The first-order chi connectivity index (χ1) is 17.5. The zero-order chi connectivity index (χ0) is 26.9. The molecule has 0 atom stereocenters. The molecule has 0 bridgehead atoms. The van der Waals surface area contributed by atoms with Gasteiger partial charge in [0.15, 0.2) is 0 Å². The number of nitrogens with one attached hydrogen (secondary N) is 1. The molecule has 9 heteroatoms. The lowest BCUT2D eigenvalue weighted by atomic mass is 10.1. The molecule has 0 aliphatic carbocycles. The van der Waals surface area contributed by atoms with Crippen LogP contribution in [0.2, 0.25) is 0 Å². The minimum absolute atomic E-state index is 0.147. The normalized spacial score (nSPS) is 11.4. The molecular weight excluding hydrogens is 508 g/mol. The molecule has 0 unspecified atom stereocenters. The van der Waals surface area contributed by atoms with Crippen molar-refractivity contribution in [1.29, 1.82) is 0 Å². The van der Waals surface area contributed by atoms with E-state index in [0.29, 0.717) is 27.7 Å². The van der Waals surface area contributed by atoms with E-state index in [2.05, 4.69) is 5.32 Å². The second-order valence-electron chi connectivity index (χ2n) is 9.42. The molecule has 37 heavy (non-hydrogen) atoms. The number of hydrogen-bond donors (Lipinski definition) is 1. The smallest absolute Gasteiger partial charge is 0.349 e. The molecule has 4 aromatic rings. The molecule has 3 heterocycles. The summed E-state index contributed by atoms with van der Waals surface area (Å²) in [4.78, 5) is 46.5. The third-order valence-electron chi connectivity index (χ3n) is 5.39. The summed E-state index contributed by atoms with van der Waals surface area (Å²) < 4.78 is 10.8. The summed E-state index contributed by atoms with van der Waals surface area (Å²) >= 11 is 2.59. The highest BCUT2D eigenvalue weighted by molar-refractivity contribution is 7.18. The first-order valence-corrected chi connectivity index (χ1v) is 13.4. The van der Waals surface area contributed by atoms with E-state index in [-0.39, 0.29) is 22.0 Å². The van der Waals surface area contributed by atoms with Crippen LogP contribution in [0.15, 0.2) is 42.5 Å². The van der Waals surface area contributed by atoms with Crippen molar-refractivity contribution in [2.24, 2.45) is 0 Å². The molecule has 1 amide bonds. The number of esters is 2. The predicted octanol–water partition coefficient (Wildman–Crippen LogP) is 7.03. The number of carbonyl (C=O) groups excluding carboxylic acids is 3. The Morgan fingerprint density at radius 3 is 2.38 bits per heavy atom. The average Bonchev–Trinajstić information content (AvgIpc) is 3.40. The van der Waals surface area contributed by atoms with Crippen molar-refractivity contribution in [3.8, 4) is 10.6 Å². The van der Waals surface area contributed by atoms with E-state index in [1.165, 1.54) is 0 Å². The van der Waals surface area contributed by atoms with E-state index in [1.807, 2.05) is 43.3 Å². The quantitative estimate of drug-likeness (QED) is 0.266.